The Hall–Kier alpha value is -1.01. The molecule has 0 saturated carbocycles. The summed E-state index contributed by atoms with van der Waals surface area (Å²) in [6.45, 7) is 6.53. The summed E-state index contributed by atoms with van der Waals surface area (Å²) in [6, 6.07) is 5.08. The lowest BCUT2D eigenvalue weighted by Crippen LogP contribution is -2.41. The summed E-state index contributed by atoms with van der Waals surface area (Å²) >= 11 is 5.81. The number of anilines is 1. The van der Waals surface area contributed by atoms with Crippen molar-refractivity contribution in [2.24, 2.45) is 0 Å². The normalized spacial score (nSPS) is 13.6. The van der Waals surface area contributed by atoms with Crippen molar-refractivity contribution in [3.63, 3.8) is 0 Å². The van der Waals surface area contributed by atoms with Gasteiger partial charge in [0.2, 0.25) is 6.41 Å². The third kappa shape index (κ3) is 5.96. The molecule has 5 nitrogen and oxygen atoms in total. The Morgan fingerprint density at radius 1 is 1.40 bits per heavy atom. The molecule has 0 fully saturated rings. The molecule has 0 aliphatic rings. The van der Waals surface area contributed by atoms with Gasteiger partial charge in [0.05, 0.1) is 11.3 Å². The van der Waals surface area contributed by atoms with Gasteiger partial charge in [-0.15, -0.1) is 0 Å². The monoisotopic (exact) mass is 302 g/mol. The van der Waals surface area contributed by atoms with Crippen LogP contribution in [0.25, 0.3) is 0 Å². The van der Waals surface area contributed by atoms with Gasteiger partial charge < -0.3 is 20.3 Å². The first-order chi connectivity index (χ1) is 9.19. The summed E-state index contributed by atoms with van der Waals surface area (Å²) in [6.07, 6.45) is -0.971. The molecule has 0 aromatic heterocycles. The molecule has 0 radical (unpaired) electrons. The zero-order valence-electron chi connectivity index (χ0n) is 12.4. The van der Waals surface area contributed by atoms with Gasteiger partial charge in [-0.05, 0) is 46.0 Å². The van der Waals surface area contributed by atoms with Crippen LogP contribution < -0.4 is 10.5 Å². The predicted octanol–water partition coefficient (Wildman–Crippen LogP) is 2.32. The number of rotatable bonds is 6. The van der Waals surface area contributed by atoms with E-state index in [-0.39, 0.29) is 0 Å². The van der Waals surface area contributed by atoms with Gasteiger partial charge in [0.15, 0.2) is 0 Å². The van der Waals surface area contributed by atoms with Gasteiger partial charge in [-0.2, -0.15) is 0 Å². The number of nitrogens with zero attached hydrogens (tertiary/aromatic N) is 1. The number of nitrogens with two attached hydrogens (primary N) is 1. The topological polar surface area (TPSA) is 68.0 Å². The number of hydrogen-bond acceptors (Lipinski definition) is 5. The molecule has 20 heavy (non-hydrogen) atoms. The molecule has 0 bridgehead atoms. The molecule has 1 atom stereocenters. The molecular formula is C14H23ClN2O3. The Morgan fingerprint density at radius 3 is 2.60 bits per heavy atom. The zero-order chi connectivity index (χ0) is 15.3. The second kappa shape index (κ2) is 7.13. The van der Waals surface area contributed by atoms with E-state index in [1.54, 1.807) is 30.1 Å². The Bertz CT molecular complexity index is 435. The lowest BCUT2D eigenvalue weighted by Gasteiger charge is -2.29. The molecule has 0 aliphatic heterocycles. The molecule has 1 unspecified atom stereocenters. The maximum absolute atomic E-state index is 9.85. The fraction of sp³-hybridized carbons (Fsp3) is 0.571. The third-order valence-electron chi connectivity index (χ3n) is 2.51. The summed E-state index contributed by atoms with van der Waals surface area (Å²) in [5.41, 5.74) is 5.87. The standard InChI is InChI=1S/C14H23ClN2O3/c1-14(2,3)20-13(18)17(4)7-8-19-12-6-5-10(15)9-11(12)16/h5-6,9,13,18H,7-8,16H2,1-4H3. The van der Waals surface area contributed by atoms with E-state index in [9.17, 15) is 5.11 Å². The number of hydrogen-bond donors (Lipinski definition) is 2. The summed E-state index contributed by atoms with van der Waals surface area (Å²) in [7, 11) is 1.75. The number of aliphatic hydroxyl groups is 1. The van der Waals surface area contributed by atoms with E-state index in [1.165, 1.54) is 0 Å². The van der Waals surface area contributed by atoms with Crippen molar-refractivity contribution in [3.8, 4) is 5.75 Å². The van der Waals surface area contributed by atoms with E-state index in [4.69, 9.17) is 26.8 Å². The van der Waals surface area contributed by atoms with Gasteiger partial charge in [0.1, 0.15) is 12.4 Å². The molecule has 1 aromatic carbocycles. The Morgan fingerprint density at radius 2 is 2.05 bits per heavy atom. The van der Waals surface area contributed by atoms with Crippen LogP contribution in [0, 0.1) is 0 Å². The summed E-state index contributed by atoms with van der Waals surface area (Å²) < 4.78 is 11.0. The molecule has 0 amide bonds. The van der Waals surface area contributed by atoms with Crippen molar-refractivity contribution < 1.29 is 14.6 Å². The van der Waals surface area contributed by atoms with E-state index in [2.05, 4.69) is 0 Å². The zero-order valence-corrected chi connectivity index (χ0v) is 13.1. The van der Waals surface area contributed by atoms with Crippen molar-refractivity contribution in [3.05, 3.63) is 23.2 Å². The highest BCUT2D eigenvalue weighted by Gasteiger charge is 2.19. The first-order valence-electron chi connectivity index (χ1n) is 6.43. The van der Waals surface area contributed by atoms with Gasteiger partial charge in [-0.25, -0.2) is 0 Å². The first-order valence-corrected chi connectivity index (χ1v) is 6.81. The number of likely N-dealkylation sites (N-methyl/N-ethyl adjacent to an activating group) is 1. The number of halogens is 1. The van der Waals surface area contributed by atoms with Gasteiger partial charge in [0.25, 0.3) is 0 Å². The molecule has 0 aliphatic carbocycles. The minimum Gasteiger partial charge on any atom is -0.490 e. The second-order valence-electron chi connectivity index (χ2n) is 5.57. The Balaban J connectivity index is 2.40. The molecule has 0 heterocycles. The average molecular weight is 303 g/mol. The number of benzene rings is 1. The molecule has 0 saturated heterocycles. The highest BCUT2D eigenvalue weighted by atomic mass is 35.5. The molecule has 3 N–H and O–H groups in total. The lowest BCUT2D eigenvalue weighted by molar-refractivity contribution is -0.233. The highest BCUT2D eigenvalue weighted by Crippen LogP contribution is 2.24. The van der Waals surface area contributed by atoms with E-state index in [1.807, 2.05) is 20.8 Å². The molecule has 1 rings (SSSR count). The largest absolute Gasteiger partial charge is 0.490 e. The first kappa shape index (κ1) is 17.0. The second-order valence-corrected chi connectivity index (χ2v) is 6.00. The molecule has 6 heteroatoms. The van der Waals surface area contributed by atoms with E-state index in [0.29, 0.717) is 29.6 Å². The van der Waals surface area contributed by atoms with E-state index < -0.39 is 12.0 Å². The molecule has 0 spiro atoms. The third-order valence-corrected chi connectivity index (χ3v) is 2.74. The van der Waals surface area contributed by atoms with Gasteiger partial charge >= 0.3 is 0 Å². The highest BCUT2D eigenvalue weighted by molar-refractivity contribution is 6.30. The van der Waals surface area contributed by atoms with Crippen LogP contribution in [-0.2, 0) is 4.74 Å². The van der Waals surface area contributed by atoms with Crippen molar-refractivity contribution in [1.82, 2.24) is 4.90 Å². The SMILES string of the molecule is CN(CCOc1ccc(Cl)cc1N)C(O)OC(C)(C)C. The van der Waals surface area contributed by atoms with Crippen molar-refractivity contribution >= 4 is 17.3 Å². The predicted molar refractivity (Wildman–Crippen MR) is 80.8 cm³/mol. The number of ether oxygens (including phenoxy) is 2. The fourth-order valence-electron chi connectivity index (χ4n) is 1.47. The van der Waals surface area contributed by atoms with Crippen LogP contribution in [0.4, 0.5) is 5.69 Å². The molecule has 114 valence electrons. The van der Waals surface area contributed by atoms with Crippen molar-refractivity contribution in [1.29, 1.82) is 0 Å². The van der Waals surface area contributed by atoms with Crippen LogP contribution in [-0.4, -0.2) is 42.2 Å². The smallest absolute Gasteiger partial charge is 0.216 e. The quantitative estimate of drug-likeness (QED) is 0.623. The van der Waals surface area contributed by atoms with Crippen molar-refractivity contribution in [2.75, 3.05) is 25.9 Å². The lowest BCUT2D eigenvalue weighted by atomic mass is 10.2. The van der Waals surface area contributed by atoms with E-state index in [0.717, 1.165) is 0 Å². The number of aliphatic hydroxyl groups excluding tert-OH is 1. The van der Waals surface area contributed by atoms with Crippen LogP contribution in [0.3, 0.4) is 0 Å². The fourth-order valence-corrected chi connectivity index (χ4v) is 1.65. The Kier molecular flexibility index (Phi) is 6.07. The van der Waals surface area contributed by atoms with Gasteiger partial charge in [-0.1, -0.05) is 11.6 Å². The van der Waals surface area contributed by atoms with Gasteiger partial charge in [0, 0.05) is 11.6 Å². The van der Waals surface area contributed by atoms with E-state index >= 15 is 0 Å². The minimum atomic E-state index is -0.971. The van der Waals surface area contributed by atoms with Crippen LogP contribution in [0.1, 0.15) is 20.8 Å². The maximum atomic E-state index is 9.85. The van der Waals surface area contributed by atoms with Crippen LogP contribution >= 0.6 is 11.6 Å². The maximum Gasteiger partial charge on any atom is 0.216 e. The Labute approximate surface area is 125 Å². The summed E-state index contributed by atoms with van der Waals surface area (Å²) in [5, 5.41) is 10.4. The van der Waals surface area contributed by atoms with Crippen LogP contribution in [0.2, 0.25) is 5.02 Å². The van der Waals surface area contributed by atoms with Crippen molar-refractivity contribution in [2.45, 2.75) is 32.8 Å². The summed E-state index contributed by atoms with van der Waals surface area (Å²) in [4.78, 5) is 1.65. The number of nitrogen functional groups attached to an aromatic ring is 1. The van der Waals surface area contributed by atoms with Crippen LogP contribution in [0.15, 0.2) is 18.2 Å². The summed E-state index contributed by atoms with van der Waals surface area (Å²) in [5.74, 6) is 0.578. The van der Waals surface area contributed by atoms with Gasteiger partial charge in [-0.3, -0.25) is 4.90 Å². The average Bonchev–Trinajstić information content (AvgIpc) is 2.29. The molecule has 1 aromatic rings. The molecular weight excluding hydrogens is 280 g/mol. The van der Waals surface area contributed by atoms with Crippen LogP contribution in [0.5, 0.6) is 5.75 Å². The minimum absolute atomic E-state index is 0.382.